The molecule has 0 bridgehead atoms. The minimum absolute atomic E-state index is 0.146. The average Bonchev–Trinajstić information content (AvgIpc) is 3.23. The van der Waals surface area contributed by atoms with E-state index < -0.39 is 14.1 Å². The fraction of sp³-hybridized carbons (Fsp3) is 0.357. The molecule has 0 aromatic heterocycles. The van der Waals surface area contributed by atoms with E-state index in [1.807, 2.05) is 0 Å². The zero-order valence-electron chi connectivity index (χ0n) is 39.9. The second kappa shape index (κ2) is 18.8. The van der Waals surface area contributed by atoms with Crippen LogP contribution in [0.5, 0.6) is 11.5 Å². The van der Waals surface area contributed by atoms with E-state index in [4.69, 9.17) is 9.49 Å². The summed E-state index contributed by atoms with van der Waals surface area (Å²) in [7, 11) is -5.48. The van der Waals surface area contributed by atoms with Gasteiger partial charge < -0.3 is 15.5 Å². The third-order valence-electron chi connectivity index (χ3n) is 11.9. The molecule has 7 heteroatoms. The maximum absolute atomic E-state index is 12.5. The van der Waals surface area contributed by atoms with Crippen LogP contribution in [0.4, 0.5) is 0 Å². The molecule has 0 unspecified atom stereocenters. The van der Waals surface area contributed by atoms with Gasteiger partial charge >= 0.3 is 0 Å². The van der Waals surface area contributed by atoms with Crippen molar-refractivity contribution in [1.82, 2.24) is 5.32 Å². The highest BCUT2D eigenvalue weighted by molar-refractivity contribution is 7.88. The van der Waals surface area contributed by atoms with Crippen LogP contribution in [-0.2, 0) is 21.7 Å². The van der Waals surface area contributed by atoms with Crippen molar-refractivity contribution in [3.8, 4) is 11.5 Å². The quantitative estimate of drug-likeness (QED) is 0.0846. The lowest BCUT2D eigenvalue weighted by atomic mass is 9.80. The Bertz CT molecular complexity index is 2330. The fourth-order valence-corrected chi connectivity index (χ4v) is 15.7. The van der Waals surface area contributed by atoms with Gasteiger partial charge in [-0.3, -0.25) is 9.49 Å². The Morgan fingerprint density at radius 2 is 0.667 bits per heavy atom. The summed E-state index contributed by atoms with van der Waals surface area (Å²) in [4.78, 5) is 0. The molecule has 0 amide bonds. The molecule has 0 aliphatic heterocycles. The Balaban J connectivity index is 1.47. The van der Waals surface area contributed by atoms with E-state index in [9.17, 15) is 10.2 Å². The first-order chi connectivity index (χ1) is 29.6. The van der Waals surface area contributed by atoms with Crippen LogP contribution < -0.4 is 37.1 Å². The van der Waals surface area contributed by atoms with Crippen molar-refractivity contribution in [3.63, 3.8) is 0 Å². The number of hydrogen-bond acceptors (Lipinski definition) is 5. The molecule has 0 atom stereocenters. The summed E-state index contributed by atoms with van der Waals surface area (Å²) in [5.41, 5.74) is 3.38. The van der Waals surface area contributed by atoms with Crippen molar-refractivity contribution >= 4 is 45.9 Å². The Labute approximate surface area is 379 Å². The molecule has 0 spiro atoms. The Kier molecular flexibility index (Phi) is 14.3. The summed E-state index contributed by atoms with van der Waals surface area (Å²) < 4.78 is 11.5. The summed E-state index contributed by atoms with van der Waals surface area (Å²) in [5.74, 6) is 0.671. The molecule has 0 saturated heterocycles. The predicted molar refractivity (Wildman–Crippen MR) is 276 cm³/mol. The molecule has 6 aromatic carbocycles. The van der Waals surface area contributed by atoms with Gasteiger partial charge in [-0.1, -0.05) is 217 Å². The minimum atomic E-state index is -2.74. The molecule has 0 aliphatic carbocycles. The molecular weight excluding hydrogens is 809 g/mol. The number of hydrogen-bond donors (Lipinski definition) is 3. The largest absolute Gasteiger partial charge is 0.507 e. The van der Waals surface area contributed by atoms with Gasteiger partial charge in [-0.15, -0.1) is 0 Å². The van der Waals surface area contributed by atoms with Crippen molar-refractivity contribution in [3.05, 3.63) is 168 Å². The Morgan fingerprint density at radius 3 is 0.905 bits per heavy atom. The average molecular weight is 880 g/mol. The molecule has 0 fully saturated rings. The molecule has 6 rings (SSSR count). The molecular formula is C56H71N3O2P2. The lowest BCUT2D eigenvalue weighted by Crippen LogP contribution is -2.30. The zero-order chi connectivity index (χ0) is 45.8. The zero-order valence-corrected chi connectivity index (χ0v) is 41.7. The Hall–Kier alpha value is -4.66. The summed E-state index contributed by atoms with van der Waals surface area (Å²) in [6, 6.07) is 51.3. The van der Waals surface area contributed by atoms with Crippen LogP contribution in [-0.4, -0.2) is 36.4 Å². The summed E-state index contributed by atoms with van der Waals surface area (Å²) in [6.07, 6.45) is 0. The third kappa shape index (κ3) is 10.2. The maximum atomic E-state index is 12.5. The molecule has 5 nitrogen and oxygen atoms in total. The first-order valence-corrected chi connectivity index (χ1v) is 26.0. The van der Waals surface area contributed by atoms with E-state index in [2.05, 4.69) is 234 Å². The third-order valence-corrected chi connectivity index (χ3v) is 19.5. The number of nitrogens with zero attached hydrogens (tertiary/aromatic N) is 2. The molecule has 0 aliphatic rings. The van der Waals surface area contributed by atoms with E-state index in [-0.39, 0.29) is 21.7 Å². The second-order valence-corrected chi connectivity index (χ2v) is 27.0. The first kappa shape index (κ1) is 47.8. The van der Waals surface area contributed by atoms with Crippen molar-refractivity contribution in [2.24, 2.45) is 9.49 Å². The first-order valence-electron chi connectivity index (χ1n) is 22.5. The monoisotopic (exact) mass is 880 g/mol. The number of rotatable bonds is 12. The number of aromatic hydroxyl groups is 2. The van der Waals surface area contributed by atoms with Crippen molar-refractivity contribution in [2.75, 3.05) is 26.2 Å². The van der Waals surface area contributed by atoms with Crippen LogP contribution in [0.1, 0.15) is 105 Å². The highest BCUT2D eigenvalue weighted by Gasteiger charge is 2.36. The van der Waals surface area contributed by atoms with E-state index in [1.165, 1.54) is 11.1 Å². The van der Waals surface area contributed by atoms with Crippen molar-refractivity contribution < 1.29 is 10.2 Å². The van der Waals surface area contributed by atoms with Gasteiger partial charge in [0.15, 0.2) is 0 Å². The number of phenolic OH excluding ortho intramolecular Hbond substituents is 2. The lowest BCUT2D eigenvalue weighted by Gasteiger charge is -2.33. The second-order valence-electron chi connectivity index (χ2n) is 20.9. The van der Waals surface area contributed by atoms with E-state index in [0.717, 1.165) is 43.0 Å². The lowest BCUT2D eigenvalue weighted by molar-refractivity contribution is 0.448. The van der Waals surface area contributed by atoms with Gasteiger partial charge in [0, 0.05) is 56.0 Å². The topological polar surface area (TPSA) is 77.2 Å². The number of phenols is 2. The van der Waals surface area contributed by atoms with Crippen LogP contribution >= 0.6 is 14.1 Å². The molecule has 0 radical (unpaired) electrons. The van der Waals surface area contributed by atoms with Crippen LogP contribution in [0, 0.1) is 0 Å². The van der Waals surface area contributed by atoms with E-state index in [1.54, 1.807) is 0 Å². The summed E-state index contributed by atoms with van der Waals surface area (Å²) >= 11 is 0. The van der Waals surface area contributed by atoms with Gasteiger partial charge in [0.05, 0.1) is 27.2 Å². The molecule has 0 heterocycles. The Morgan fingerprint density at radius 1 is 0.397 bits per heavy atom. The molecule has 6 aromatic rings. The van der Waals surface area contributed by atoms with E-state index in [0.29, 0.717) is 37.7 Å². The van der Waals surface area contributed by atoms with Gasteiger partial charge in [-0.05, 0) is 44.9 Å². The van der Waals surface area contributed by atoms with Gasteiger partial charge in [-0.2, -0.15) is 0 Å². The van der Waals surface area contributed by atoms with Crippen molar-refractivity contribution in [2.45, 2.75) is 105 Å². The van der Waals surface area contributed by atoms with Crippen LogP contribution in [0.15, 0.2) is 155 Å². The fourth-order valence-electron chi connectivity index (χ4n) is 8.33. The normalized spacial score (nSPS) is 12.9. The summed E-state index contributed by atoms with van der Waals surface area (Å²) in [5, 5.41) is 34.9. The van der Waals surface area contributed by atoms with Gasteiger partial charge in [0.1, 0.15) is 11.5 Å². The number of benzene rings is 6. The molecule has 63 heavy (non-hydrogen) atoms. The van der Waals surface area contributed by atoms with Crippen LogP contribution in [0.3, 0.4) is 0 Å². The van der Waals surface area contributed by atoms with E-state index >= 15 is 0 Å². The predicted octanol–water partition coefficient (Wildman–Crippen LogP) is 11.5. The highest BCUT2D eigenvalue weighted by Crippen LogP contribution is 2.53. The van der Waals surface area contributed by atoms with Crippen LogP contribution in [0.25, 0.3) is 0 Å². The van der Waals surface area contributed by atoms with Crippen LogP contribution in [0.2, 0.25) is 0 Å². The smallest absolute Gasteiger partial charge is 0.129 e. The standard InChI is InChI=1S/C56H71N3O2P2/c1-53(2,3)41-37-47(55(7,8)9)51(60)49(39-41)62(43-25-17-13-18-26-43,44-27-19-14-20-28-44)58-35-33-57-34-36-59-63(45-29-21-15-22-30-45,46-31-23-16-24-32-46)50-40-42(54(4,5)6)38-48(52(50)61)56(10,11)12/h13-32,37-40,57,60-61H,33-36H2,1-12H3. The molecule has 332 valence electrons. The SMILES string of the molecule is CC(C)(C)c1cc(C(C)(C)C)c(O)c(P(=NCCNCCN=P(c2ccccc2)(c2ccccc2)c2cc(C(C)(C)C)cc(C(C)(C)C)c2O)(c2ccccc2)c2ccccc2)c1. The number of nitrogens with one attached hydrogen (secondary N) is 1. The molecule has 0 saturated carbocycles. The highest BCUT2D eigenvalue weighted by atomic mass is 31.2. The van der Waals surface area contributed by atoms with Gasteiger partial charge in [-0.25, -0.2) is 0 Å². The summed E-state index contributed by atoms with van der Waals surface area (Å²) in [6.45, 7) is 28.8. The van der Waals surface area contributed by atoms with Gasteiger partial charge in [0.2, 0.25) is 0 Å². The van der Waals surface area contributed by atoms with Gasteiger partial charge in [0.25, 0.3) is 0 Å². The maximum Gasteiger partial charge on any atom is 0.129 e. The minimum Gasteiger partial charge on any atom is -0.507 e. The van der Waals surface area contributed by atoms with Crippen molar-refractivity contribution in [1.29, 1.82) is 0 Å². The molecule has 3 N–H and O–H groups in total.